The van der Waals surface area contributed by atoms with E-state index in [1.54, 1.807) is 6.07 Å². The van der Waals surface area contributed by atoms with Crippen molar-refractivity contribution < 1.29 is 9.13 Å². The molecule has 0 spiro atoms. The van der Waals surface area contributed by atoms with E-state index in [4.69, 9.17) is 10.5 Å². The number of rotatable bonds is 2. The number of ether oxygens (including phenoxy) is 1. The van der Waals surface area contributed by atoms with Crippen molar-refractivity contribution in [1.29, 1.82) is 0 Å². The standard InChI is InChI=1S/C15H13BrFNO/c16-14-12(2-1-3-13(14)17)15(18)9-4-5-10-7-19-8-11(10)6-9/h1-6,15H,7-8,18H2. The van der Waals surface area contributed by atoms with Crippen molar-refractivity contribution in [3.8, 4) is 0 Å². The molecule has 98 valence electrons. The van der Waals surface area contributed by atoms with Crippen LogP contribution >= 0.6 is 15.9 Å². The fourth-order valence-corrected chi connectivity index (χ4v) is 2.84. The first-order valence-electron chi connectivity index (χ1n) is 6.06. The number of halogens is 2. The molecular formula is C15H13BrFNO. The molecule has 3 rings (SSSR count). The van der Waals surface area contributed by atoms with Gasteiger partial charge < -0.3 is 10.5 Å². The monoisotopic (exact) mass is 321 g/mol. The zero-order valence-corrected chi connectivity index (χ0v) is 11.8. The molecule has 2 N–H and O–H groups in total. The maximum Gasteiger partial charge on any atom is 0.137 e. The third-order valence-electron chi connectivity index (χ3n) is 3.42. The Labute approximate surface area is 119 Å². The van der Waals surface area contributed by atoms with Gasteiger partial charge in [0.25, 0.3) is 0 Å². The van der Waals surface area contributed by atoms with E-state index in [9.17, 15) is 4.39 Å². The van der Waals surface area contributed by atoms with E-state index in [0.29, 0.717) is 17.7 Å². The maximum absolute atomic E-state index is 13.6. The summed E-state index contributed by atoms with van der Waals surface area (Å²) < 4.78 is 19.4. The summed E-state index contributed by atoms with van der Waals surface area (Å²) >= 11 is 3.26. The smallest absolute Gasteiger partial charge is 0.137 e. The van der Waals surface area contributed by atoms with Crippen LogP contribution in [0.2, 0.25) is 0 Å². The third kappa shape index (κ3) is 2.31. The molecule has 0 aromatic heterocycles. The molecule has 0 bridgehead atoms. The lowest BCUT2D eigenvalue weighted by molar-refractivity contribution is 0.134. The van der Waals surface area contributed by atoms with Crippen molar-refractivity contribution >= 4 is 15.9 Å². The van der Waals surface area contributed by atoms with Crippen LogP contribution in [0, 0.1) is 5.82 Å². The molecule has 0 saturated heterocycles. The molecule has 0 amide bonds. The van der Waals surface area contributed by atoms with Crippen molar-refractivity contribution in [3.63, 3.8) is 0 Å². The summed E-state index contributed by atoms with van der Waals surface area (Å²) in [4.78, 5) is 0. The lowest BCUT2D eigenvalue weighted by Gasteiger charge is -2.15. The van der Waals surface area contributed by atoms with E-state index in [-0.39, 0.29) is 11.9 Å². The molecule has 0 radical (unpaired) electrons. The Morgan fingerprint density at radius 2 is 1.95 bits per heavy atom. The van der Waals surface area contributed by atoms with Crippen LogP contribution in [0.3, 0.4) is 0 Å². The fourth-order valence-electron chi connectivity index (χ4n) is 2.33. The summed E-state index contributed by atoms with van der Waals surface area (Å²) in [6.07, 6.45) is 0. The lowest BCUT2D eigenvalue weighted by Crippen LogP contribution is -2.13. The summed E-state index contributed by atoms with van der Waals surface area (Å²) in [5, 5.41) is 0. The summed E-state index contributed by atoms with van der Waals surface area (Å²) in [7, 11) is 0. The van der Waals surface area contributed by atoms with Gasteiger partial charge in [0.05, 0.1) is 23.7 Å². The van der Waals surface area contributed by atoms with Gasteiger partial charge in [-0.05, 0) is 44.3 Å². The normalized spacial score (nSPS) is 15.3. The van der Waals surface area contributed by atoms with E-state index in [0.717, 1.165) is 11.1 Å². The van der Waals surface area contributed by atoms with Crippen LogP contribution in [0.4, 0.5) is 4.39 Å². The Bertz CT molecular complexity index is 630. The molecule has 0 aliphatic carbocycles. The zero-order chi connectivity index (χ0) is 13.4. The summed E-state index contributed by atoms with van der Waals surface area (Å²) in [6.45, 7) is 1.29. The van der Waals surface area contributed by atoms with Gasteiger partial charge in [-0.25, -0.2) is 4.39 Å². The number of hydrogen-bond acceptors (Lipinski definition) is 2. The van der Waals surface area contributed by atoms with Gasteiger partial charge in [-0.15, -0.1) is 0 Å². The van der Waals surface area contributed by atoms with Gasteiger partial charge in [0, 0.05) is 0 Å². The highest BCUT2D eigenvalue weighted by atomic mass is 79.9. The molecule has 2 nitrogen and oxygen atoms in total. The van der Waals surface area contributed by atoms with Crippen molar-refractivity contribution in [3.05, 3.63) is 68.9 Å². The average Bonchev–Trinajstić information content (AvgIpc) is 2.88. The second kappa shape index (κ2) is 5.04. The Morgan fingerprint density at radius 1 is 1.16 bits per heavy atom. The average molecular weight is 322 g/mol. The number of fused-ring (bicyclic) bond motifs is 1. The van der Waals surface area contributed by atoms with Crippen LogP contribution in [0.1, 0.15) is 28.3 Å². The summed E-state index contributed by atoms with van der Waals surface area (Å²) in [6, 6.07) is 10.6. The van der Waals surface area contributed by atoms with Gasteiger partial charge in [-0.1, -0.05) is 30.3 Å². The molecule has 0 saturated carbocycles. The molecular weight excluding hydrogens is 309 g/mol. The molecule has 1 heterocycles. The van der Waals surface area contributed by atoms with E-state index < -0.39 is 0 Å². The van der Waals surface area contributed by atoms with Gasteiger partial charge >= 0.3 is 0 Å². The lowest BCUT2D eigenvalue weighted by atomic mass is 9.96. The Balaban J connectivity index is 2.00. The molecule has 1 atom stereocenters. The molecule has 2 aromatic carbocycles. The predicted octanol–water partition coefficient (Wildman–Crippen LogP) is 3.67. The highest BCUT2D eigenvalue weighted by molar-refractivity contribution is 9.10. The van der Waals surface area contributed by atoms with Gasteiger partial charge in [0.15, 0.2) is 0 Å². The minimum absolute atomic E-state index is 0.294. The second-order valence-electron chi connectivity index (χ2n) is 4.64. The predicted molar refractivity (Wildman–Crippen MR) is 75.1 cm³/mol. The highest BCUT2D eigenvalue weighted by Gasteiger charge is 2.17. The minimum atomic E-state index is -0.351. The Hall–Kier alpha value is -1.23. The van der Waals surface area contributed by atoms with Crippen LogP contribution in [-0.2, 0) is 18.0 Å². The molecule has 0 fully saturated rings. The van der Waals surface area contributed by atoms with Crippen LogP contribution in [0.15, 0.2) is 40.9 Å². The maximum atomic E-state index is 13.6. The van der Waals surface area contributed by atoms with Crippen LogP contribution in [-0.4, -0.2) is 0 Å². The van der Waals surface area contributed by atoms with E-state index in [2.05, 4.69) is 15.9 Å². The molecule has 1 aliphatic rings. The van der Waals surface area contributed by atoms with Crippen LogP contribution in [0.25, 0.3) is 0 Å². The first-order chi connectivity index (χ1) is 9.16. The largest absolute Gasteiger partial charge is 0.372 e. The van der Waals surface area contributed by atoms with Gasteiger partial charge in [-0.2, -0.15) is 0 Å². The van der Waals surface area contributed by atoms with Gasteiger partial charge in [0.2, 0.25) is 0 Å². The zero-order valence-electron chi connectivity index (χ0n) is 10.2. The van der Waals surface area contributed by atoms with E-state index in [1.165, 1.54) is 17.2 Å². The quantitative estimate of drug-likeness (QED) is 0.916. The van der Waals surface area contributed by atoms with Crippen molar-refractivity contribution in [1.82, 2.24) is 0 Å². The molecule has 19 heavy (non-hydrogen) atoms. The molecule has 1 aliphatic heterocycles. The fraction of sp³-hybridized carbons (Fsp3) is 0.200. The van der Waals surface area contributed by atoms with Crippen LogP contribution in [0.5, 0.6) is 0 Å². The van der Waals surface area contributed by atoms with Crippen LogP contribution < -0.4 is 5.73 Å². The third-order valence-corrected chi connectivity index (χ3v) is 4.26. The van der Waals surface area contributed by atoms with E-state index >= 15 is 0 Å². The van der Waals surface area contributed by atoms with Gasteiger partial charge in [0.1, 0.15) is 5.82 Å². The highest BCUT2D eigenvalue weighted by Crippen LogP contribution is 2.31. The SMILES string of the molecule is NC(c1ccc2c(c1)COC2)c1cccc(F)c1Br. The van der Waals surface area contributed by atoms with Crippen molar-refractivity contribution in [2.45, 2.75) is 19.3 Å². The van der Waals surface area contributed by atoms with Crippen molar-refractivity contribution in [2.75, 3.05) is 0 Å². The molecule has 4 heteroatoms. The first-order valence-corrected chi connectivity index (χ1v) is 6.85. The Morgan fingerprint density at radius 3 is 2.79 bits per heavy atom. The molecule has 2 aromatic rings. The summed E-state index contributed by atoms with van der Waals surface area (Å²) in [5.41, 5.74) is 10.3. The number of hydrogen-bond donors (Lipinski definition) is 1. The number of nitrogens with two attached hydrogens (primary N) is 1. The van der Waals surface area contributed by atoms with Crippen molar-refractivity contribution in [2.24, 2.45) is 5.73 Å². The van der Waals surface area contributed by atoms with Gasteiger partial charge in [-0.3, -0.25) is 0 Å². The second-order valence-corrected chi connectivity index (χ2v) is 5.43. The number of benzene rings is 2. The van der Waals surface area contributed by atoms with E-state index in [1.807, 2.05) is 24.3 Å². The Kier molecular flexibility index (Phi) is 3.39. The summed E-state index contributed by atoms with van der Waals surface area (Å²) in [5.74, 6) is -0.294. The molecule has 1 unspecified atom stereocenters. The topological polar surface area (TPSA) is 35.2 Å². The minimum Gasteiger partial charge on any atom is -0.372 e. The first kappa shape index (κ1) is 12.8.